The number of rotatable bonds is 15. The van der Waals surface area contributed by atoms with Gasteiger partial charge in [0, 0.05) is 19.0 Å². The number of benzene rings is 3. The predicted molar refractivity (Wildman–Crippen MR) is 187 cm³/mol. The molecular weight excluding hydrogens is 586 g/mol. The van der Waals surface area contributed by atoms with E-state index in [4.69, 9.17) is 14.2 Å². The molecule has 0 spiro atoms. The number of nitrogens with zero attached hydrogens (tertiary/aromatic N) is 1. The molecule has 2 aliphatic carbocycles. The Morgan fingerprint density at radius 1 is 0.851 bits per heavy atom. The van der Waals surface area contributed by atoms with E-state index in [0.29, 0.717) is 23.8 Å². The molecule has 3 aromatic rings. The second kappa shape index (κ2) is 17.9. The average molecular weight is 638 g/mol. The zero-order chi connectivity index (χ0) is 32.8. The highest BCUT2D eigenvalue weighted by Crippen LogP contribution is 2.36. The van der Waals surface area contributed by atoms with Crippen molar-refractivity contribution in [2.24, 2.45) is 11.8 Å². The third-order valence-corrected chi connectivity index (χ3v) is 9.96. The molecule has 250 valence electrons. The zero-order valence-electron chi connectivity index (χ0n) is 28.2. The van der Waals surface area contributed by atoms with Crippen LogP contribution in [0.15, 0.2) is 78.9 Å². The van der Waals surface area contributed by atoms with Crippen LogP contribution in [-0.2, 0) is 27.1 Å². The summed E-state index contributed by atoms with van der Waals surface area (Å²) in [6.07, 6.45) is 15.7. The number of carbonyl (C=O) groups excluding carboxylic acids is 2. The topological polar surface area (TPSA) is 65.1 Å². The van der Waals surface area contributed by atoms with Crippen molar-refractivity contribution in [1.82, 2.24) is 4.90 Å². The molecule has 3 aromatic carbocycles. The van der Waals surface area contributed by atoms with Gasteiger partial charge >= 0.3 is 11.9 Å². The lowest BCUT2D eigenvalue weighted by atomic mass is 9.82. The number of methoxy groups -OCH3 is 2. The number of hydrogen-bond donors (Lipinski definition) is 0. The van der Waals surface area contributed by atoms with E-state index in [1.54, 1.807) is 0 Å². The Morgan fingerprint density at radius 2 is 1.64 bits per heavy atom. The van der Waals surface area contributed by atoms with E-state index >= 15 is 0 Å². The van der Waals surface area contributed by atoms with E-state index in [2.05, 4.69) is 77.7 Å². The largest absolute Gasteiger partial charge is 0.493 e. The highest BCUT2D eigenvalue weighted by Gasteiger charge is 2.27. The van der Waals surface area contributed by atoms with Gasteiger partial charge in [0.2, 0.25) is 0 Å². The number of aryl methyl sites for hydroxylation is 1. The van der Waals surface area contributed by atoms with E-state index in [0.717, 1.165) is 64.0 Å². The monoisotopic (exact) mass is 637 g/mol. The van der Waals surface area contributed by atoms with Crippen LogP contribution in [0.3, 0.4) is 0 Å². The van der Waals surface area contributed by atoms with Gasteiger partial charge in [-0.3, -0.25) is 9.69 Å². The Morgan fingerprint density at radius 3 is 2.43 bits per heavy atom. The molecule has 2 aliphatic rings. The van der Waals surface area contributed by atoms with Gasteiger partial charge in [0.15, 0.2) is 0 Å². The number of esters is 2. The van der Waals surface area contributed by atoms with E-state index in [1.165, 1.54) is 62.2 Å². The molecule has 1 atom stereocenters. The molecule has 6 nitrogen and oxygen atoms in total. The van der Waals surface area contributed by atoms with Crippen LogP contribution in [0.1, 0.15) is 96.4 Å². The molecule has 5 rings (SSSR count). The summed E-state index contributed by atoms with van der Waals surface area (Å²) in [6, 6.07) is 25.4. The second-order valence-electron chi connectivity index (χ2n) is 13.1. The summed E-state index contributed by atoms with van der Waals surface area (Å²) in [5, 5.41) is 0. The molecule has 0 aliphatic heterocycles. The van der Waals surface area contributed by atoms with Crippen LogP contribution in [0.2, 0.25) is 0 Å². The van der Waals surface area contributed by atoms with Crippen LogP contribution in [-0.4, -0.2) is 50.8 Å². The normalized spacial score (nSPS) is 19.3. The van der Waals surface area contributed by atoms with Gasteiger partial charge in [-0.15, -0.1) is 0 Å². The summed E-state index contributed by atoms with van der Waals surface area (Å²) in [5.74, 6) is 1.78. The highest BCUT2D eigenvalue weighted by atomic mass is 16.5. The SMILES string of the molecule is COC(=O)CCCCN(CCc1ccccc1OC[C@H]1CC[C@H](/C=C/c2ccccc2)CC1)C1CCCc2cc(C(=O)OC)ccc21. The summed E-state index contributed by atoms with van der Waals surface area (Å²) < 4.78 is 16.4. The van der Waals surface area contributed by atoms with Crippen molar-refractivity contribution >= 4 is 18.0 Å². The number of hydrogen-bond acceptors (Lipinski definition) is 6. The summed E-state index contributed by atoms with van der Waals surface area (Å²) in [7, 11) is 2.88. The Labute approximate surface area is 281 Å². The third kappa shape index (κ3) is 10.0. The van der Waals surface area contributed by atoms with Gasteiger partial charge in [-0.1, -0.05) is 66.7 Å². The standard InChI is InChI=1S/C41H51NO5/c1-45-40(43)17-8-9-27-42(38-15-10-14-35-29-36(41(44)46-2)24-25-37(35)38)28-26-34-13-6-7-16-39(34)47-30-33-22-20-32(21-23-33)19-18-31-11-4-3-5-12-31/h3-7,11-13,16,18-19,24-25,29,32-33,38H,8-10,14-15,17,20-23,26-28,30H2,1-2H3/b19-18+/t32-,33-,38?. The predicted octanol–water partition coefficient (Wildman–Crippen LogP) is 8.64. The lowest BCUT2D eigenvalue weighted by Gasteiger charge is -2.36. The number of fused-ring (bicyclic) bond motifs is 1. The number of carbonyl (C=O) groups is 2. The quantitative estimate of drug-likeness (QED) is 0.123. The molecule has 1 unspecified atom stereocenters. The molecule has 6 heteroatoms. The van der Waals surface area contributed by atoms with Gasteiger partial charge in [0.05, 0.1) is 26.4 Å². The molecule has 0 bridgehead atoms. The van der Waals surface area contributed by atoms with Crippen LogP contribution in [0.25, 0.3) is 6.08 Å². The van der Waals surface area contributed by atoms with Gasteiger partial charge in [-0.25, -0.2) is 4.79 Å². The molecule has 47 heavy (non-hydrogen) atoms. The highest BCUT2D eigenvalue weighted by molar-refractivity contribution is 5.89. The van der Waals surface area contributed by atoms with Crippen molar-refractivity contribution in [1.29, 1.82) is 0 Å². The minimum Gasteiger partial charge on any atom is -0.493 e. The van der Waals surface area contributed by atoms with Crippen LogP contribution in [0, 0.1) is 11.8 Å². The van der Waals surface area contributed by atoms with Crippen molar-refractivity contribution in [3.63, 3.8) is 0 Å². The first kappa shape index (κ1) is 34.4. The van der Waals surface area contributed by atoms with Gasteiger partial charge in [-0.2, -0.15) is 0 Å². The molecule has 0 saturated heterocycles. The van der Waals surface area contributed by atoms with Gasteiger partial charge in [0.1, 0.15) is 5.75 Å². The zero-order valence-corrected chi connectivity index (χ0v) is 28.2. The minimum absolute atomic E-state index is 0.155. The Balaban J connectivity index is 1.20. The maximum Gasteiger partial charge on any atom is 0.337 e. The third-order valence-electron chi connectivity index (χ3n) is 9.96. The molecular formula is C41H51NO5. The van der Waals surface area contributed by atoms with Crippen LogP contribution < -0.4 is 4.74 Å². The molecule has 0 heterocycles. The van der Waals surface area contributed by atoms with Gasteiger partial charge < -0.3 is 14.2 Å². The molecule has 0 amide bonds. The fourth-order valence-corrected chi connectivity index (χ4v) is 7.20. The number of unbranched alkanes of at least 4 members (excludes halogenated alkanes) is 1. The average Bonchev–Trinajstić information content (AvgIpc) is 3.13. The van der Waals surface area contributed by atoms with Crippen molar-refractivity contribution in [3.8, 4) is 5.75 Å². The molecule has 0 N–H and O–H groups in total. The first-order chi connectivity index (χ1) is 23.0. The number of para-hydroxylation sites is 1. The van der Waals surface area contributed by atoms with Crippen molar-refractivity contribution < 1.29 is 23.8 Å². The molecule has 1 saturated carbocycles. The van der Waals surface area contributed by atoms with E-state index in [1.807, 2.05) is 12.1 Å². The van der Waals surface area contributed by atoms with E-state index in [-0.39, 0.29) is 18.0 Å². The van der Waals surface area contributed by atoms with Crippen LogP contribution in [0.4, 0.5) is 0 Å². The van der Waals surface area contributed by atoms with Gasteiger partial charge in [0.25, 0.3) is 0 Å². The smallest absolute Gasteiger partial charge is 0.337 e. The Hall–Kier alpha value is -3.90. The molecule has 0 aromatic heterocycles. The lowest BCUT2D eigenvalue weighted by Crippen LogP contribution is -2.34. The fourth-order valence-electron chi connectivity index (χ4n) is 7.20. The van der Waals surface area contributed by atoms with Crippen LogP contribution >= 0.6 is 0 Å². The van der Waals surface area contributed by atoms with E-state index < -0.39 is 0 Å². The summed E-state index contributed by atoms with van der Waals surface area (Å²) >= 11 is 0. The van der Waals surface area contributed by atoms with Crippen LogP contribution in [0.5, 0.6) is 5.75 Å². The fraction of sp³-hybridized carbons (Fsp3) is 0.463. The van der Waals surface area contributed by atoms with Crippen molar-refractivity contribution in [2.75, 3.05) is 33.9 Å². The number of ether oxygens (including phenoxy) is 3. The maximum absolute atomic E-state index is 12.2. The van der Waals surface area contributed by atoms with Gasteiger partial charge in [-0.05, 0) is 123 Å². The Bertz CT molecular complexity index is 1460. The van der Waals surface area contributed by atoms with E-state index in [9.17, 15) is 9.59 Å². The molecule has 1 fully saturated rings. The maximum atomic E-state index is 12.2. The first-order valence-electron chi connectivity index (χ1n) is 17.5. The van der Waals surface area contributed by atoms with Crippen molar-refractivity contribution in [2.45, 2.75) is 76.7 Å². The summed E-state index contributed by atoms with van der Waals surface area (Å²) in [4.78, 5) is 26.6. The first-order valence-corrected chi connectivity index (χ1v) is 17.5. The minimum atomic E-state index is -0.292. The summed E-state index contributed by atoms with van der Waals surface area (Å²) in [5.41, 5.74) is 5.66. The van der Waals surface area contributed by atoms with Crippen molar-refractivity contribution in [3.05, 3.63) is 107 Å². The number of allylic oxidation sites excluding steroid dienone is 1. The molecule has 0 radical (unpaired) electrons. The Kier molecular flexibility index (Phi) is 13.1. The second-order valence-corrected chi connectivity index (χ2v) is 13.1. The lowest BCUT2D eigenvalue weighted by molar-refractivity contribution is -0.140. The summed E-state index contributed by atoms with van der Waals surface area (Å²) in [6.45, 7) is 2.55.